The fourth-order valence-corrected chi connectivity index (χ4v) is 2.83. The van der Waals surface area contributed by atoms with Crippen LogP contribution in [-0.4, -0.2) is 16.1 Å². The molecule has 104 valence electrons. The van der Waals surface area contributed by atoms with Crippen LogP contribution >= 0.6 is 27.7 Å². The van der Waals surface area contributed by atoms with Crippen LogP contribution in [0.5, 0.6) is 0 Å². The first-order chi connectivity index (χ1) is 10.2. The van der Waals surface area contributed by atoms with E-state index >= 15 is 0 Å². The first-order valence-electron chi connectivity index (χ1n) is 6.16. The van der Waals surface area contributed by atoms with Gasteiger partial charge < -0.3 is 5.32 Å². The monoisotopic (exact) mass is 359 g/mol. The fraction of sp³-hybridized carbons (Fsp3) is 0. The van der Waals surface area contributed by atoms with E-state index in [0.29, 0.717) is 15.8 Å². The number of thioether (sulfide) groups is 1. The van der Waals surface area contributed by atoms with Gasteiger partial charge in [0.05, 0.1) is 16.8 Å². The van der Waals surface area contributed by atoms with E-state index in [2.05, 4.69) is 31.2 Å². The number of aromatic nitrogens is 1. The molecule has 2 heterocycles. The molecular formula is C15H10BrN3OS. The average molecular weight is 360 g/mol. The molecule has 0 saturated carbocycles. The van der Waals surface area contributed by atoms with E-state index in [1.807, 2.05) is 36.4 Å². The first kappa shape index (κ1) is 14.0. The Morgan fingerprint density at radius 3 is 2.76 bits per heavy atom. The number of carbonyl (C=O) groups excluding carboxylic acids is 1. The molecule has 2 aromatic rings. The van der Waals surface area contributed by atoms with Crippen molar-refractivity contribution in [2.24, 2.45) is 4.99 Å². The second-order valence-corrected chi connectivity index (χ2v) is 6.19. The normalized spacial score (nSPS) is 18.2. The average Bonchev–Trinajstić information content (AvgIpc) is 2.82. The van der Waals surface area contributed by atoms with Gasteiger partial charge in [-0.1, -0.05) is 28.1 Å². The Bertz CT molecular complexity index is 726. The van der Waals surface area contributed by atoms with Gasteiger partial charge in [-0.25, -0.2) is 4.99 Å². The quantitative estimate of drug-likeness (QED) is 0.831. The van der Waals surface area contributed by atoms with Crippen molar-refractivity contribution in [3.8, 4) is 0 Å². The Morgan fingerprint density at radius 1 is 1.24 bits per heavy atom. The highest BCUT2D eigenvalue weighted by atomic mass is 79.9. The first-order valence-corrected chi connectivity index (χ1v) is 7.77. The number of amides is 1. The SMILES string of the molecule is O=C1NC(=Nc2cccnc2)SC1=Cc1ccc(Br)cc1. The van der Waals surface area contributed by atoms with Crippen LogP contribution in [0.3, 0.4) is 0 Å². The van der Waals surface area contributed by atoms with Crippen LogP contribution in [-0.2, 0) is 4.79 Å². The second kappa shape index (κ2) is 6.24. The van der Waals surface area contributed by atoms with Crippen molar-refractivity contribution in [3.63, 3.8) is 0 Å². The number of carbonyl (C=O) groups is 1. The Balaban J connectivity index is 1.82. The van der Waals surface area contributed by atoms with Crippen LogP contribution in [0.4, 0.5) is 5.69 Å². The van der Waals surface area contributed by atoms with Crippen molar-refractivity contribution in [1.82, 2.24) is 10.3 Å². The van der Waals surface area contributed by atoms with Crippen LogP contribution in [0.2, 0.25) is 0 Å². The molecular weight excluding hydrogens is 350 g/mol. The number of rotatable bonds is 2. The largest absolute Gasteiger partial charge is 0.300 e. The van der Waals surface area contributed by atoms with Crippen molar-refractivity contribution in [2.75, 3.05) is 0 Å². The number of aliphatic imine (C=N–C) groups is 1. The standard InChI is InChI=1S/C15H10BrN3OS/c16-11-5-3-10(4-6-11)8-13-14(20)19-15(21-13)18-12-2-1-7-17-9-12/h1-9H,(H,18,19,20). The van der Waals surface area contributed by atoms with Gasteiger partial charge in [-0.05, 0) is 47.7 Å². The number of nitrogens with one attached hydrogen (secondary N) is 1. The summed E-state index contributed by atoms with van der Waals surface area (Å²) >= 11 is 4.71. The highest BCUT2D eigenvalue weighted by Gasteiger charge is 2.23. The molecule has 6 heteroatoms. The summed E-state index contributed by atoms with van der Waals surface area (Å²) in [5.74, 6) is -0.134. The van der Waals surface area contributed by atoms with E-state index in [9.17, 15) is 4.79 Å². The van der Waals surface area contributed by atoms with Crippen LogP contribution in [0.25, 0.3) is 6.08 Å². The second-order valence-electron chi connectivity index (χ2n) is 4.24. The number of hydrogen-bond donors (Lipinski definition) is 1. The summed E-state index contributed by atoms with van der Waals surface area (Å²) < 4.78 is 1.01. The van der Waals surface area contributed by atoms with Gasteiger partial charge in [-0.2, -0.15) is 0 Å². The number of nitrogens with zero attached hydrogens (tertiary/aromatic N) is 2. The molecule has 1 aromatic carbocycles. The van der Waals surface area contributed by atoms with Gasteiger partial charge in [0.15, 0.2) is 5.17 Å². The summed E-state index contributed by atoms with van der Waals surface area (Å²) in [7, 11) is 0. The smallest absolute Gasteiger partial charge is 0.264 e. The van der Waals surface area contributed by atoms with Crippen LogP contribution in [0.15, 0.2) is 63.2 Å². The molecule has 0 atom stereocenters. The molecule has 0 radical (unpaired) electrons. The number of benzene rings is 1. The Hall–Kier alpha value is -1.92. The third-order valence-corrected chi connectivity index (χ3v) is 4.13. The fourth-order valence-electron chi connectivity index (χ4n) is 1.73. The Labute approximate surface area is 134 Å². The van der Waals surface area contributed by atoms with Crippen molar-refractivity contribution in [1.29, 1.82) is 0 Å². The molecule has 21 heavy (non-hydrogen) atoms. The number of pyridine rings is 1. The number of hydrogen-bond acceptors (Lipinski definition) is 4. The van der Waals surface area contributed by atoms with E-state index in [1.165, 1.54) is 11.8 Å². The molecule has 0 unspecified atom stereocenters. The third-order valence-electron chi connectivity index (χ3n) is 2.70. The Morgan fingerprint density at radius 2 is 2.05 bits per heavy atom. The van der Waals surface area contributed by atoms with E-state index in [1.54, 1.807) is 18.5 Å². The molecule has 1 N–H and O–H groups in total. The van der Waals surface area contributed by atoms with Gasteiger partial charge in [0, 0.05) is 10.7 Å². The summed E-state index contributed by atoms with van der Waals surface area (Å²) in [4.78, 5) is 20.9. The van der Waals surface area contributed by atoms with Gasteiger partial charge in [0.2, 0.25) is 0 Å². The number of halogens is 1. The third kappa shape index (κ3) is 3.59. The number of amidine groups is 1. The summed E-state index contributed by atoms with van der Waals surface area (Å²) in [5.41, 5.74) is 1.68. The van der Waals surface area contributed by atoms with Gasteiger partial charge in [-0.15, -0.1) is 0 Å². The molecule has 4 nitrogen and oxygen atoms in total. The molecule has 1 amide bonds. The van der Waals surface area contributed by atoms with Gasteiger partial charge in [0.25, 0.3) is 5.91 Å². The maximum atomic E-state index is 11.9. The van der Waals surface area contributed by atoms with E-state index in [4.69, 9.17) is 0 Å². The summed E-state index contributed by atoms with van der Waals surface area (Å²) in [6, 6.07) is 11.4. The lowest BCUT2D eigenvalue weighted by Gasteiger charge is -1.95. The summed E-state index contributed by atoms with van der Waals surface area (Å²) in [5, 5.41) is 3.32. The lowest BCUT2D eigenvalue weighted by atomic mass is 10.2. The molecule has 0 bridgehead atoms. The predicted octanol–water partition coefficient (Wildman–Crippen LogP) is 3.74. The van der Waals surface area contributed by atoms with Gasteiger partial charge in [-0.3, -0.25) is 9.78 Å². The molecule has 0 aliphatic carbocycles. The lowest BCUT2D eigenvalue weighted by Crippen LogP contribution is -2.19. The van der Waals surface area contributed by atoms with Crippen LogP contribution in [0.1, 0.15) is 5.56 Å². The minimum absolute atomic E-state index is 0.134. The summed E-state index contributed by atoms with van der Waals surface area (Å²) in [6.07, 6.45) is 5.18. The topological polar surface area (TPSA) is 54.4 Å². The van der Waals surface area contributed by atoms with E-state index < -0.39 is 0 Å². The molecule has 3 rings (SSSR count). The zero-order valence-electron chi connectivity index (χ0n) is 10.8. The molecule has 1 saturated heterocycles. The maximum Gasteiger partial charge on any atom is 0.264 e. The van der Waals surface area contributed by atoms with E-state index in [0.717, 1.165) is 10.0 Å². The molecule has 1 aromatic heterocycles. The van der Waals surface area contributed by atoms with Crippen molar-refractivity contribution in [3.05, 3.63) is 63.7 Å². The van der Waals surface area contributed by atoms with Crippen molar-refractivity contribution in [2.45, 2.75) is 0 Å². The van der Waals surface area contributed by atoms with Crippen LogP contribution < -0.4 is 5.32 Å². The molecule has 1 aliphatic heterocycles. The zero-order valence-corrected chi connectivity index (χ0v) is 13.2. The van der Waals surface area contributed by atoms with E-state index in [-0.39, 0.29) is 5.91 Å². The zero-order chi connectivity index (χ0) is 14.7. The predicted molar refractivity (Wildman–Crippen MR) is 89.2 cm³/mol. The minimum Gasteiger partial charge on any atom is -0.300 e. The van der Waals surface area contributed by atoms with Crippen molar-refractivity contribution < 1.29 is 4.79 Å². The van der Waals surface area contributed by atoms with Crippen molar-refractivity contribution >= 4 is 50.5 Å². The molecule has 0 spiro atoms. The lowest BCUT2D eigenvalue weighted by molar-refractivity contribution is -0.115. The van der Waals surface area contributed by atoms with Gasteiger partial charge in [0.1, 0.15) is 0 Å². The summed E-state index contributed by atoms with van der Waals surface area (Å²) in [6.45, 7) is 0. The Kier molecular flexibility index (Phi) is 4.17. The maximum absolute atomic E-state index is 11.9. The molecule has 1 aliphatic rings. The highest BCUT2D eigenvalue weighted by molar-refractivity contribution is 9.10. The minimum atomic E-state index is -0.134. The molecule has 1 fully saturated rings. The highest BCUT2D eigenvalue weighted by Crippen LogP contribution is 2.28. The van der Waals surface area contributed by atoms with Crippen LogP contribution in [0, 0.1) is 0 Å². The van der Waals surface area contributed by atoms with Gasteiger partial charge >= 0.3 is 0 Å².